The third kappa shape index (κ3) is 8.37. The molecule has 0 aromatic heterocycles. The van der Waals surface area contributed by atoms with E-state index in [2.05, 4.69) is 208 Å². The highest BCUT2D eigenvalue weighted by Gasteiger charge is 2.38. The molecule has 7 rings (SSSR count). The summed E-state index contributed by atoms with van der Waals surface area (Å²) >= 11 is 6.76. The van der Waals surface area contributed by atoms with Crippen LogP contribution in [0, 0.1) is 13.8 Å². The van der Waals surface area contributed by atoms with E-state index in [1.807, 2.05) is 12.1 Å². The number of allylic oxidation sites excluding steroid dienone is 6. The number of halogens is 1. The van der Waals surface area contributed by atoms with E-state index in [4.69, 9.17) is 11.6 Å². The van der Waals surface area contributed by atoms with Crippen molar-refractivity contribution in [1.29, 1.82) is 0 Å². The summed E-state index contributed by atoms with van der Waals surface area (Å²) in [7, 11) is 0. The minimum Gasteiger partial charge on any atom is -0.310 e. The van der Waals surface area contributed by atoms with Crippen LogP contribution in [0.2, 0.25) is 5.02 Å². The Hall–Kier alpha value is -4.79. The first kappa shape index (κ1) is 41.4. The fourth-order valence-electron chi connectivity index (χ4n) is 8.75. The molecule has 3 heteroatoms. The summed E-state index contributed by atoms with van der Waals surface area (Å²) in [5.74, 6) is 0. The average molecular weight is 788 g/mol. The standard InChI is InChI=1S/C55H63ClN2/c1-37-30-45(57(43-21-17-20-42(56)34-43)50-26-22-40(32-38(50)2)52(3,4)5)35-46(31-37)58(44-24-25-48-49(36-44)55(11,12)29-28-54(48,9)10)51-27-23-41(53(6,7)8)33-47(51)39-18-15-13-14-16-19-39/h13,15-27,30-36H,14,28-29H2,1-12H3. The van der Waals surface area contributed by atoms with Gasteiger partial charge in [-0.15, -0.1) is 0 Å². The molecule has 2 aliphatic carbocycles. The third-order valence-corrected chi connectivity index (χ3v) is 12.7. The molecule has 0 N–H and O–H groups in total. The van der Waals surface area contributed by atoms with Crippen LogP contribution in [0.1, 0.15) is 127 Å². The van der Waals surface area contributed by atoms with Crippen LogP contribution in [0.5, 0.6) is 0 Å². The van der Waals surface area contributed by atoms with Crippen LogP contribution in [-0.2, 0) is 21.7 Å². The van der Waals surface area contributed by atoms with Crippen LogP contribution >= 0.6 is 11.6 Å². The SMILES string of the molecule is Cc1cc(N(c2cccc(Cl)c2)c2ccc(C(C)(C)C)cc2C)cc(N(c2ccc3c(c2)C(C)(C)CCC3(C)C)c2ccc(C(C)(C)C)cc2C2=CC=CCC=C2)c1. The first-order valence-electron chi connectivity index (χ1n) is 21.1. The minimum atomic E-state index is -0.0151. The van der Waals surface area contributed by atoms with Crippen LogP contribution < -0.4 is 9.80 Å². The first-order chi connectivity index (χ1) is 27.2. The maximum atomic E-state index is 6.76. The second kappa shape index (κ2) is 15.4. The predicted molar refractivity (Wildman–Crippen MR) is 254 cm³/mol. The van der Waals surface area contributed by atoms with E-state index >= 15 is 0 Å². The summed E-state index contributed by atoms with van der Waals surface area (Å²) in [6.07, 6.45) is 14.5. The summed E-state index contributed by atoms with van der Waals surface area (Å²) < 4.78 is 0. The van der Waals surface area contributed by atoms with Gasteiger partial charge < -0.3 is 9.80 Å². The van der Waals surface area contributed by atoms with Gasteiger partial charge in [-0.25, -0.2) is 0 Å². The highest BCUT2D eigenvalue weighted by molar-refractivity contribution is 6.30. The summed E-state index contributed by atoms with van der Waals surface area (Å²) in [5, 5.41) is 0.711. The molecule has 0 aliphatic heterocycles. The van der Waals surface area contributed by atoms with E-state index in [0.29, 0.717) is 5.02 Å². The van der Waals surface area contributed by atoms with Gasteiger partial charge in [-0.05, 0) is 160 Å². The molecule has 0 saturated heterocycles. The molecule has 0 atom stereocenters. The number of aryl methyl sites for hydroxylation is 2. The summed E-state index contributed by atoms with van der Waals surface area (Å²) in [4.78, 5) is 4.90. The first-order valence-corrected chi connectivity index (χ1v) is 21.5. The second-order valence-electron chi connectivity index (χ2n) is 20.1. The molecule has 2 nitrogen and oxygen atoms in total. The van der Waals surface area contributed by atoms with Gasteiger partial charge in [0.05, 0.1) is 5.69 Å². The van der Waals surface area contributed by atoms with E-state index in [0.717, 1.165) is 41.3 Å². The van der Waals surface area contributed by atoms with Crippen molar-refractivity contribution in [3.05, 3.63) is 171 Å². The molecular formula is C55H63ClN2. The molecule has 0 spiro atoms. The number of hydrogen-bond donors (Lipinski definition) is 0. The van der Waals surface area contributed by atoms with Crippen molar-refractivity contribution in [2.45, 2.75) is 124 Å². The molecule has 0 unspecified atom stereocenters. The molecule has 0 amide bonds. The smallest absolute Gasteiger partial charge is 0.0540 e. The van der Waals surface area contributed by atoms with E-state index in [9.17, 15) is 0 Å². The molecule has 0 bridgehead atoms. The highest BCUT2D eigenvalue weighted by atomic mass is 35.5. The lowest BCUT2D eigenvalue weighted by molar-refractivity contribution is 0.332. The van der Waals surface area contributed by atoms with Crippen molar-refractivity contribution in [2.24, 2.45) is 0 Å². The van der Waals surface area contributed by atoms with Gasteiger partial charge >= 0.3 is 0 Å². The number of hydrogen-bond acceptors (Lipinski definition) is 2. The van der Waals surface area contributed by atoms with Crippen molar-refractivity contribution in [2.75, 3.05) is 9.80 Å². The van der Waals surface area contributed by atoms with E-state index in [1.54, 1.807) is 0 Å². The predicted octanol–water partition coefficient (Wildman–Crippen LogP) is 16.7. The quantitative estimate of drug-likeness (QED) is 0.162. The van der Waals surface area contributed by atoms with Gasteiger partial charge in [0.2, 0.25) is 0 Å². The normalized spacial score (nSPS) is 16.1. The monoisotopic (exact) mass is 786 g/mol. The minimum absolute atomic E-state index is 0.0151. The number of anilines is 6. The van der Waals surface area contributed by atoms with Gasteiger partial charge in [0.1, 0.15) is 0 Å². The van der Waals surface area contributed by atoms with Gasteiger partial charge in [0, 0.05) is 39.0 Å². The summed E-state index contributed by atoms with van der Waals surface area (Å²) in [5.41, 5.74) is 17.2. The fourth-order valence-corrected chi connectivity index (χ4v) is 8.93. The molecule has 58 heavy (non-hydrogen) atoms. The van der Waals surface area contributed by atoms with Gasteiger partial charge in [-0.1, -0.05) is 142 Å². The molecular weight excluding hydrogens is 724 g/mol. The van der Waals surface area contributed by atoms with Crippen molar-refractivity contribution >= 4 is 51.3 Å². The molecule has 5 aromatic carbocycles. The Morgan fingerprint density at radius 3 is 1.81 bits per heavy atom. The summed E-state index contributed by atoms with van der Waals surface area (Å²) in [6.45, 7) is 27.9. The van der Waals surface area contributed by atoms with Crippen molar-refractivity contribution in [1.82, 2.24) is 0 Å². The topological polar surface area (TPSA) is 6.48 Å². The Morgan fingerprint density at radius 2 is 1.17 bits per heavy atom. The second-order valence-corrected chi connectivity index (χ2v) is 20.5. The molecule has 0 radical (unpaired) electrons. The van der Waals surface area contributed by atoms with Crippen LogP contribution in [-0.4, -0.2) is 0 Å². The lowest BCUT2D eigenvalue weighted by atomic mass is 9.63. The molecule has 0 saturated carbocycles. The maximum absolute atomic E-state index is 6.76. The largest absolute Gasteiger partial charge is 0.310 e. The van der Waals surface area contributed by atoms with Crippen LogP contribution in [0.15, 0.2) is 127 Å². The van der Waals surface area contributed by atoms with Crippen molar-refractivity contribution < 1.29 is 0 Å². The molecule has 300 valence electrons. The van der Waals surface area contributed by atoms with Gasteiger partial charge in [0.25, 0.3) is 0 Å². The molecule has 2 aliphatic rings. The lowest BCUT2D eigenvalue weighted by Gasteiger charge is -2.42. The Labute approximate surface area is 355 Å². The molecule has 0 heterocycles. The average Bonchev–Trinajstić information content (AvgIpc) is 3.44. The van der Waals surface area contributed by atoms with Gasteiger partial charge in [-0.2, -0.15) is 0 Å². The van der Waals surface area contributed by atoms with Crippen LogP contribution in [0.4, 0.5) is 34.1 Å². The zero-order chi connectivity index (χ0) is 41.8. The van der Waals surface area contributed by atoms with Gasteiger partial charge in [0.15, 0.2) is 0 Å². The van der Waals surface area contributed by atoms with E-state index < -0.39 is 0 Å². The number of benzene rings is 5. The maximum Gasteiger partial charge on any atom is 0.0540 e. The Morgan fingerprint density at radius 1 is 0.569 bits per heavy atom. The van der Waals surface area contributed by atoms with Crippen molar-refractivity contribution in [3.8, 4) is 0 Å². The molecule has 5 aromatic rings. The third-order valence-electron chi connectivity index (χ3n) is 12.4. The van der Waals surface area contributed by atoms with Crippen LogP contribution in [0.3, 0.4) is 0 Å². The number of nitrogens with zero attached hydrogens (tertiary/aromatic N) is 2. The lowest BCUT2D eigenvalue weighted by Crippen LogP contribution is -2.34. The Bertz CT molecular complexity index is 2440. The highest BCUT2D eigenvalue weighted by Crippen LogP contribution is 2.50. The van der Waals surface area contributed by atoms with E-state index in [1.165, 1.54) is 56.6 Å². The Kier molecular flexibility index (Phi) is 11.0. The number of fused-ring (bicyclic) bond motifs is 1. The summed E-state index contributed by atoms with van der Waals surface area (Å²) in [6, 6.07) is 36.6. The number of rotatable bonds is 7. The molecule has 0 fully saturated rings. The zero-order valence-corrected chi connectivity index (χ0v) is 37.8. The Balaban J connectivity index is 1.53. The van der Waals surface area contributed by atoms with Crippen molar-refractivity contribution in [3.63, 3.8) is 0 Å². The fraction of sp³-hybridized carbons (Fsp3) is 0.345. The van der Waals surface area contributed by atoms with Crippen LogP contribution in [0.25, 0.3) is 5.57 Å². The van der Waals surface area contributed by atoms with Gasteiger partial charge in [-0.3, -0.25) is 0 Å². The zero-order valence-electron chi connectivity index (χ0n) is 37.0. The van der Waals surface area contributed by atoms with E-state index in [-0.39, 0.29) is 21.7 Å².